The van der Waals surface area contributed by atoms with Crippen molar-refractivity contribution < 1.29 is 17.9 Å². The van der Waals surface area contributed by atoms with Gasteiger partial charge >= 0.3 is 0 Å². The van der Waals surface area contributed by atoms with Crippen molar-refractivity contribution in [2.45, 2.75) is 4.21 Å². The topological polar surface area (TPSA) is 75.7 Å². The molecule has 1 N–H and O–H groups in total. The number of anilines is 1. The third-order valence-electron chi connectivity index (χ3n) is 4.61. The van der Waals surface area contributed by atoms with E-state index in [9.17, 15) is 13.2 Å². The molecule has 8 heteroatoms. The summed E-state index contributed by atoms with van der Waals surface area (Å²) in [5, 5.41) is 2.85. The summed E-state index contributed by atoms with van der Waals surface area (Å²) in [5.41, 5.74) is 2.14. The minimum atomic E-state index is -3.50. The minimum absolute atomic E-state index is 0.190. The van der Waals surface area contributed by atoms with Crippen molar-refractivity contribution in [1.29, 1.82) is 0 Å². The van der Waals surface area contributed by atoms with Crippen LogP contribution in [-0.2, 0) is 14.8 Å². The van der Waals surface area contributed by atoms with Crippen LogP contribution in [0.1, 0.15) is 10.4 Å². The fourth-order valence-corrected chi connectivity index (χ4v) is 5.91. The molecule has 6 nitrogen and oxygen atoms in total. The van der Waals surface area contributed by atoms with E-state index in [1.54, 1.807) is 24.3 Å². The van der Waals surface area contributed by atoms with Gasteiger partial charge in [0.2, 0.25) is 0 Å². The summed E-state index contributed by atoms with van der Waals surface area (Å²) in [7, 11) is -3.50. The molecule has 1 aromatic heterocycles. The predicted molar refractivity (Wildman–Crippen MR) is 114 cm³/mol. The van der Waals surface area contributed by atoms with Crippen molar-refractivity contribution in [3.63, 3.8) is 0 Å². The summed E-state index contributed by atoms with van der Waals surface area (Å²) >= 11 is 1.23. The summed E-state index contributed by atoms with van der Waals surface area (Å²) in [5.74, 6) is -0.190. The number of thiophene rings is 1. The predicted octanol–water partition coefficient (Wildman–Crippen LogP) is 3.69. The van der Waals surface area contributed by atoms with Gasteiger partial charge in [-0.05, 0) is 42.0 Å². The summed E-state index contributed by atoms with van der Waals surface area (Å²) in [6, 6.07) is 19.8. The third-order valence-corrected chi connectivity index (χ3v) is 8.11. The minimum Gasteiger partial charge on any atom is -0.379 e. The van der Waals surface area contributed by atoms with E-state index in [-0.39, 0.29) is 5.91 Å². The molecule has 4 rings (SSSR count). The number of sulfonamides is 1. The first-order chi connectivity index (χ1) is 14.0. The fraction of sp³-hybridized carbons (Fsp3) is 0.190. The van der Waals surface area contributed by atoms with E-state index < -0.39 is 10.0 Å². The maximum Gasteiger partial charge on any atom is 0.255 e. The number of nitrogens with one attached hydrogen (secondary N) is 1. The molecule has 2 aromatic carbocycles. The fourth-order valence-electron chi connectivity index (χ4n) is 3.04. The lowest BCUT2D eigenvalue weighted by Gasteiger charge is -2.25. The van der Waals surface area contributed by atoms with Gasteiger partial charge in [0.25, 0.3) is 15.9 Å². The molecule has 1 fully saturated rings. The van der Waals surface area contributed by atoms with Gasteiger partial charge in [-0.3, -0.25) is 4.79 Å². The van der Waals surface area contributed by atoms with Crippen LogP contribution in [0.2, 0.25) is 0 Å². The molecule has 150 valence electrons. The Labute approximate surface area is 173 Å². The Morgan fingerprint density at radius 1 is 0.931 bits per heavy atom. The van der Waals surface area contributed by atoms with E-state index in [0.717, 1.165) is 16.1 Å². The first-order valence-electron chi connectivity index (χ1n) is 9.18. The summed E-state index contributed by atoms with van der Waals surface area (Å²) in [4.78, 5) is 13.2. The Morgan fingerprint density at radius 3 is 2.31 bits per heavy atom. The standard InChI is InChI=1S/C21H20N2O4S2/c24-21(22-18-4-2-1-3-5-18)17-8-6-16(7-9-17)19-10-11-20(28-19)29(25,26)23-12-14-27-15-13-23/h1-11H,12-15H2,(H,22,24). The second-order valence-corrected chi connectivity index (χ2v) is 9.78. The maximum absolute atomic E-state index is 12.8. The summed E-state index contributed by atoms with van der Waals surface area (Å²) in [6.07, 6.45) is 0. The molecule has 2 heterocycles. The van der Waals surface area contributed by atoms with Crippen molar-refractivity contribution >= 4 is 33.0 Å². The molecule has 0 bridgehead atoms. The number of hydrogen-bond donors (Lipinski definition) is 1. The van der Waals surface area contributed by atoms with Crippen LogP contribution in [0.4, 0.5) is 5.69 Å². The molecule has 0 spiro atoms. The van der Waals surface area contributed by atoms with Crippen molar-refractivity contribution in [2.75, 3.05) is 31.6 Å². The van der Waals surface area contributed by atoms with E-state index in [4.69, 9.17) is 4.74 Å². The average Bonchev–Trinajstić information content (AvgIpc) is 3.26. The van der Waals surface area contributed by atoms with E-state index in [2.05, 4.69) is 5.32 Å². The molecule has 3 aromatic rings. The maximum atomic E-state index is 12.8. The lowest BCUT2D eigenvalue weighted by atomic mass is 10.1. The Bertz CT molecular complexity index is 1090. The molecule has 0 saturated carbocycles. The van der Waals surface area contributed by atoms with Crippen LogP contribution in [0.3, 0.4) is 0 Å². The third kappa shape index (κ3) is 4.40. The largest absolute Gasteiger partial charge is 0.379 e. The highest BCUT2D eigenvalue weighted by atomic mass is 32.2. The first kappa shape index (κ1) is 19.8. The van der Waals surface area contributed by atoms with Gasteiger partial charge in [0.05, 0.1) is 13.2 Å². The SMILES string of the molecule is O=C(Nc1ccccc1)c1ccc(-c2ccc(S(=O)(=O)N3CCOCC3)s2)cc1. The zero-order chi connectivity index (χ0) is 20.3. The van der Waals surface area contributed by atoms with Gasteiger partial charge in [-0.2, -0.15) is 4.31 Å². The number of ether oxygens (including phenoxy) is 1. The number of nitrogens with zero attached hydrogens (tertiary/aromatic N) is 1. The van der Waals surface area contributed by atoms with E-state index >= 15 is 0 Å². The lowest BCUT2D eigenvalue weighted by Crippen LogP contribution is -2.40. The first-order valence-corrected chi connectivity index (χ1v) is 11.4. The second kappa shape index (κ2) is 8.46. The van der Waals surface area contributed by atoms with Crippen molar-refractivity contribution in [2.24, 2.45) is 0 Å². The molecular formula is C21H20N2O4S2. The van der Waals surface area contributed by atoms with E-state index in [1.807, 2.05) is 42.5 Å². The number of carbonyl (C=O) groups excluding carboxylic acids is 1. The van der Waals surface area contributed by atoms with Crippen LogP contribution < -0.4 is 5.32 Å². The van der Waals surface area contributed by atoms with E-state index in [1.165, 1.54) is 15.6 Å². The van der Waals surface area contributed by atoms with Crippen LogP contribution in [0.5, 0.6) is 0 Å². The van der Waals surface area contributed by atoms with Gasteiger partial charge in [-0.1, -0.05) is 30.3 Å². The Kier molecular flexibility index (Phi) is 5.77. The number of hydrogen-bond acceptors (Lipinski definition) is 5. The zero-order valence-corrected chi connectivity index (χ0v) is 17.2. The lowest BCUT2D eigenvalue weighted by molar-refractivity contribution is 0.0731. The molecule has 29 heavy (non-hydrogen) atoms. The Morgan fingerprint density at radius 2 is 1.62 bits per heavy atom. The number of para-hydroxylation sites is 1. The zero-order valence-electron chi connectivity index (χ0n) is 15.6. The highest BCUT2D eigenvalue weighted by molar-refractivity contribution is 7.91. The normalized spacial score (nSPS) is 15.2. The quantitative estimate of drug-likeness (QED) is 0.673. The molecule has 0 aliphatic carbocycles. The van der Waals surface area contributed by atoms with Crippen LogP contribution >= 0.6 is 11.3 Å². The molecule has 1 amide bonds. The van der Waals surface area contributed by atoms with Crippen molar-refractivity contribution in [1.82, 2.24) is 4.31 Å². The number of morpholine rings is 1. The highest BCUT2D eigenvalue weighted by Crippen LogP contribution is 2.32. The van der Waals surface area contributed by atoms with E-state index in [0.29, 0.717) is 36.1 Å². The molecule has 0 unspecified atom stereocenters. The van der Waals surface area contributed by atoms with Crippen LogP contribution in [0, 0.1) is 0 Å². The molecule has 1 aliphatic rings. The van der Waals surface area contributed by atoms with Crippen molar-refractivity contribution in [3.05, 3.63) is 72.3 Å². The summed E-state index contributed by atoms with van der Waals surface area (Å²) < 4.78 is 32.6. The number of rotatable bonds is 5. The van der Waals surface area contributed by atoms with Gasteiger partial charge in [-0.15, -0.1) is 11.3 Å². The van der Waals surface area contributed by atoms with Crippen LogP contribution in [0.25, 0.3) is 10.4 Å². The molecule has 0 radical (unpaired) electrons. The molecule has 1 saturated heterocycles. The Balaban J connectivity index is 1.49. The van der Waals surface area contributed by atoms with Gasteiger partial charge < -0.3 is 10.1 Å². The summed E-state index contributed by atoms with van der Waals surface area (Å²) in [6.45, 7) is 1.59. The van der Waals surface area contributed by atoms with Crippen LogP contribution in [-0.4, -0.2) is 44.9 Å². The average molecular weight is 429 g/mol. The van der Waals surface area contributed by atoms with Crippen molar-refractivity contribution in [3.8, 4) is 10.4 Å². The van der Waals surface area contributed by atoms with Gasteiger partial charge in [0, 0.05) is 29.2 Å². The second-order valence-electron chi connectivity index (χ2n) is 6.53. The molecule has 1 aliphatic heterocycles. The van der Waals surface area contributed by atoms with Crippen LogP contribution in [0.15, 0.2) is 70.9 Å². The number of amides is 1. The highest BCUT2D eigenvalue weighted by Gasteiger charge is 2.27. The van der Waals surface area contributed by atoms with Gasteiger partial charge in [0.15, 0.2) is 0 Å². The monoisotopic (exact) mass is 428 g/mol. The number of benzene rings is 2. The smallest absolute Gasteiger partial charge is 0.255 e. The van der Waals surface area contributed by atoms with Gasteiger partial charge in [-0.25, -0.2) is 8.42 Å². The molecule has 0 atom stereocenters. The Hall–Kier alpha value is -2.52. The number of carbonyl (C=O) groups is 1. The molecular weight excluding hydrogens is 408 g/mol. The van der Waals surface area contributed by atoms with Gasteiger partial charge in [0.1, 0.15) is 4.21 Å².